The zero-order chi connectivity index (χ0) is 13.8. The van der Waals surface area contributed by atoms with E-state index in [0.29, 0.717) is 12.0 Å². The summed E-state index contributed by atoms with van der Waals surface area (Å²) in [6, 6.07) is 8.16. The molecule has 3 heteroatoms. The SMILES string of the molecule is CCNc1ccccc1C(=O)N1CC(C)CCC1C. The highest BCUT2D eigenvalue weighted by atomic mass is 16.2. The molecule has 19 heavy (non-hydrogen) atoms. The van der Waals surface area contributed by atoms with E-state index >= 15 is 0 Å². The number of nitrogens with zero attached hydrogens (tertiary/aromatic N) is 1. The number of amides is 1. The number of para-hydroxylation sites is 1. The summed E-state index contributed by atoms with van der Waals surface area (Å²) in [4.78, 5) is 14.8. The van der Waals surface area contributed by atoms with Gasteiger partial charge in [0.1, 0.15) is 0 Å². The van der Waals surface area contributed by atoms with Crippen molar-refractivity contribution >= 4 is 11.6 Å². The Morgan fingerprint density at radius 2 is 2.05 bits per heavy atom. The molecule has 0 aliphatic carbocycles. The maximum absolute atomic E-state index is 12.7. The van der Waals surface area contributed by atoms with Crippen molar-refractivity contribution in [1.82, 2.24) is 4.90 Å². The minimum atomic E-state index is 0.163. The number of hydrogen-bond acceptors (Lipinski definition) is 2. The van der Waals surface area contributed by atoms with Gasteiger partial charge in [0.2, 0.25) is 0 Å². The normalized spacial score (nSPS) is 23.2. The van der Waals surface area contributed by atoms with Crippen molar-refractivity contribution < 1.29 is 4.79 Å². The molecule has 0 saturated carbocycles. The third-order valence-corrected chi connectivity index (χ3v) is 3.90. The lowest BCUT2D eigenvalue weighted by atomic mass is 9.94. The van der Waals surface area contributed by atoms with Crippen molar-refractivity contribution in [3.8, 4) is 0 Å². The lowest BCUT2D eigenvalue weighted by Crippen LogP contribution is -2.45. The molecule has 1 saturated heterocycles. The van der Waals surface area contributed by atoms with Crippen molar-refractivity contribution in [2.75, 3.05) is 18.4 Å². The van der Waals surface area contributed by atoms with Crippen LogP contribution in [0.3, 0.4) is 0 Å². The molecule has 0 radical (unpaired) electrons. The second-order valence-corrected chi connectivity index (χ2v) is 5.56. The molecule has 1 fully saturated rings. The third kappa shape index (κ3) is 3.09. The van der Waals surface area contributed by atoms with E-state index in [1.54, 1.807) is 0 Å². The van der Waals surface area contributed by atoms with Crippen LogP contribution in [-0.2, 0) is 0 Å². The van der Waals surface area contributed by atoms with Gasteiger partial charge in [-0.05, 0) is 44.7 Å². The van der Waals surface area contributed by atoms with Gasteiger partial charge < -0.3 is 10.2 Å². The van der Waals surface area contributed by atoms with Crippen LogP contribution >= 0.6 is 0 Å². The fraction of sp³-hybridized carbons (Fsp3) is 0.562. The van der Waals surface area contributed by atoms with Crippen LogP contribution in [-0.4, -0.2) is 29.9 Å². The van der Waals surface area contributed by atoms with Gasteiger partial charge in [0.25, 0.3) is 5.91 Å². The Morgan fingerprint density at radius 1 is 1.32 bits per heavy atom. The van der Waals surface area contributed by atoms with E-state index in [0.717, 1.165) is 30.8 Å². The van der Waals surface area contributed by atoms with Crippen LogP contribution in [0.1, 0.15) is 44.0 Å². The van der Waals surface area contributed by atoms with Gasteiger partial charge in [0, 0.05) is 24.8 Å². The molecule has 1 N–H and O–H groups in total. The quantitative estimate of drug-likeness (QED) is 0.903. The molecule has 1 aliphatic rings. The van der Waals surface area contributed by atoms with E-state index < -0.39 is 0 Å². The fourth-order valence-electron chi connectivity index (χ4n) is 2.74. The molecule has 1 amide bonds. The van der Waals surface area contributed by atoms with E-state index in [2.05, 4.69) is 19.2 Å². The van der Waals surface area contributed by atoms with Crippen LogP contribution in [0.15, 0.2) is 24.3 Å². The van der Waals surface area contributed by atoms with Gasteiger partial charge in [-0.3, -0.25) is 4.79 Å². The summed E-state index contributed by atoms with van der Waals surface area (Å²) in [5, 5.41) is 3.27. The molecule has 3 nitrogen and oxygen atoms in total. The number of rotatable bonds is 3. The fourth-order valence-corrected chi connectivity index (χ4v) is 2.74. The Labute approximate surface area is 116 Å². The topological polar surface area (TPSA) is 32.3 Å². The van der Waals surface area contributed by atoms with E-state index in [1.165, 1.54) is 6.42 Å². The molecular formula is C16H24N2O. The molecule has 104 valence electrons. The Morgan fingerprint density at radius 3 is 2.79 bits per heavy atom. The summed E-state index contributed by atoms with van der Waals surface area (Å²) in [5.74, 6) is 0.766. The smallest absolute Gasteiger partial charge is 0.256 e. The molecule has 0 bridgehead atoms. The van der Waals surface area contributed by atoms with Gasteiger partial charge in [-0.15, -0.1) is 0 Å². The summed E-state index contributed by atoms with van der Waals surface area (Å²) in [6.45, 7) is 8.13. The number of anilines is 1. The number of hydrogen-bond donors (Lipinski definition) is 1. The van der Waals surface area contributed by atoms with Crippen LogP contribution in [0, 0.1) is 5.92 Å². The van der Waals surface area contributed by atoms with Crippen LogP contribution in [0.25, 0.3) is 0 Å². The Hall–Kier alpha value is -1.51. The van der Waals surface area contributed by atoms with Gasteiger partial charge in [0.15, 0.2) is 0 Å². The molecule has 1 aromatic rings. The lowest BCUT2D eigenvalue weighted by Gasteiger charge is -2.37. The molecule has 1 aliphatic heterocycles. The average Bonchev–Trinajstić information content (AvgIpc) is 2.42. The monoisotopic (exact) mass is 260 g/mol. The van der Waals surface area contributed by atoms with Crippen molar-refractivity contribution in [1.29, 1.82) is 0 Å². The zero-order valence-electron chi connectivity index (χ0n) is 12.1. The third-order valence-electron chi connectivity index (χ3n) is 3.90. The summed E-state index contributed by atoms with van der Waals surface area (Å²) in [6.07, 6.45) is 2.33. The van der Waals surface area contributed by atoms with Crippen molar-refractivity contribution in [3.63, 3.8) is 0 Å². The number of benzene rings is 1. The average molecular weight is 260 g/mol. The lowest BCUT2D eigenvalue weighted by molar-refractivity contribution is 0.0575. The molecule has 1 heterocycles. The second-order valence-electron chi connectivity index (χ2n) is 5.56. The van der Waals surface area contributed by atoms with Crippen molar-refractivity contribution in [2.24, 2.45) is 5.92 Å². The van der Waals surface area contributed by atoms with Crippen LogP contribution in [0.5, 0.6) is 0 Å². The number of carbonyl (C=O) groups is 1. The molecule has 2 atom stereocenters. The minimum absolute atomic E-state index is 0.163. The van der Waals surface area contributed by atoms with Gasteiger partial charge in [0.05, 0.1) is 5.56 Å². The highest BCUT2D eigenvalue weighted by Gasteiger charge is 2.28. The predicted octanol–water partition coefficient (Wildman–Crippen LogP) is 3.38. The van der Waals surface area contributed by atoms with E-state index in [4.69, 9.17) is 0 Å². The molecule has 2 unspecified atom stereocenters. The number of piperidine rings is 1. The Kier molecular flexibility index (Phi) is 4.46. The largest absolute Gasteiger partial charge is 0.385 e. The van der Waals surface area contributed by atoms with E-state index in [9.17, 15) is 4.79 Å². The molecule has 0 spiro atoms. The second kappa shape index (κ2) is 6.09. The number of nitrogens with one attached hydrogen (secondary N) is 1. The molecule has 0 aromatic heterocycles. The maximum atomic E-state index is 12.7. The summed E-state index contributed by atoms with van der Waals surface area (Å²) < 4.78 is 0. The van der Waals surface area contributed by atoms with E-state index in [1.807, 2.05) is 36.1 Å². The Bertz CT molecular complexity index is 444. The highest BCUT2D eigenvalue weighted by molar-refractivity contribution is 5.99. The van der Waals surface area contributed by atoms with Crippen LogP contribution in [0.2, 0.25) is 0 Å². The van der Waals surface area contributed by atoms with Crippen LogP contribution in [0.4, 0.5) is 5.69 Å². The summed E-state index contributed by atoms with van der Waals surface area (Å²) >= 11 is 0. The maximum Gasteiger partial charge on any atom is 0.256 e. The first-order valence-corrected chi connectivity index (χ1v) is 7.27. The number of likely N-dealkylation sites (tertiary alicyclic amines) is 1. The van der Waals surface area contributed by atoms with Gasteiger partial charge >= 0.3 is 0 Å². The molecule has 1 aromatic carbocycles. The van der Waals surface area contributed by atoms with Crippen molar-refractivity contribution in [3.05, 3.63) is 29.8 Å². The van der Waals surface area contributed by atoms with Gasteiger partial charge in [-0.25, -0.2) is 0 Å². The first-order valence-electron chi connectivity index (χ1n) is 7.27. The van der Waals surface area contributed by atoms with Crippen molar-refractivity contribution in [2.45, 2.75) is 39.7 Å². The summed E-state index contributed by atoms with van der Waals surface area (Å²) in [5.41, 5.74) is 1.74. The molecular weight excluding hydrogens is 236 g/mol. The highest BCUT2D eigenvalue weighted by Crippen LogP contribution is 2.25. The zero-order valence-corrected chi connectivity index (χ0v) is 12.1. The predicted molar refractivity (Wildman–Crippen MR) is 79.5 cm³/mol. The number of carbonyl (C=O) groups excluding carboxylic acids is 1. The Balaban J connectivity index is 2.23. The first kappa shape index (κ1) is 13.9. The standard InChI is InChI=1S/C16H24N2O/c1-4-17-15-8-6-5-7-14(15)16(19)18-11-12(2)9-10-13(18)3/h5-8,12-13,17H,4,9-11H2,1-3H3. The minimum Gasteiger partial charge on any atom is -0.385 e. The van der Waals surface area contributed by atoms with Gasteiger partial charge in [-0.2, -0.15) is 0 Å². The summed E-state index contributed by atoms with van der Waals surface area (Å²) in [7, 11) is 0. The van der Waals surface area contributed by atoms with Gasteiger partial charge in [-0.1, -0.05) is 19.1 Å². The van der Waals surface area contributed by atoms with E-state index in [-0.39, 0.29) is 5.91 Å². The first-order chi connectivity index (χ1) is 9.13. The van der Waals surface area contributed by atoms with Crippen LogP contribution < -0.4 is 5.32 Å². The molecule has 2 rings (SSSR count).